The molecule has 0 saturated carbocycles. The van der Waals surface area contributed by atoms with E-state index in [9.17, 15) is 24.5 Å². The molecule has 0 radical (unpaired) electrons. The number of hydrogen-bond acceptors (Lipinski definition) is 7. The van der Waals surface area contributed by atoms with E-state index in [4.69, 9.17) is 9.39 Å². The van der Waals surface area contributed by atoms with E-state index in [-0.39, 0.29) is 40.7 Å². The number of aromatic carboxylic acids is 1. The average Bonchev–Trinajstić information content (AvgIpc) is 3.12. The quantitative estimate of drug-likeness (QED) is 0.555. The van der Waals surface area contributed by atoms with Gasteiger partial charge in [0, 0.05) is 26.1 Å². The minimum absolute atomic E-state index is 0.0265. The Kier molecular flexibility index (Phi) is 6.58. The first-order valence-electron chi connectivity index (χ1n) is 9.24. The minimum atomic E-state index is -1.24. The number of carboxylic acids is 1. The van der Waals surface area contributed by atoms with Crippen LogP contribution in [0.1, 0.15) is 29.3 Å². The summed E-state index contributed by atoms with van der Waals surface area (Å²) in [4.78, 5) is 36.9. The van der Waals surface area contributed by atoms with Gasteiger partial charge in [0.05, 0.1) is 18.0 Å². The van der Waals surface area contributed by atoms with E-state index in [0.29, 0.717) is 25.1 Å². The maximum atomic E-state index is 12.5. The molecule has 29 heavy (non-hydrogen) atoms. The first kappa shape index (κ1) is 21.3. The van der Waals surface area contributed by atoms with Crippen LogP contribution < -0.4 is 14.7 Å². The molecule has 2 heterocycles. The minimum Gasteiger partial charge on any atom is -0.534 e. The van der Waals surface area contributed by atoms with Crippen molar-refractivity contribution >= 4 is 36.7 Å². The molecule has 2 atom stereocenters. The molecule has 1 aromatic carbocycles. The second-order valence-electron chi connectivity index (χ2n) is 7.02. The van der Waals surface area contributed by atoms with E-state index in [0.717, 1.165) is 6.42 Å². The highest BCUT2D eigenvalue weighted by molar-refractivity contribution is 8.01. The van der Waals surface area contributed by atoms with E-state index in [1.807, 2.05) is 0 Å². The lowest BCUT2D eigenvalue weighted by molar-refractivity contribution is -0.127. The number of rotatable bonds is 6. The van der Waals surface area contributed by atoms with Crippen molar-refractivity contribution in [2.75, 3.05) is 26.0 Å². The van der Waals surface area contributed by atoms with Crippen LogP contribution in [-0.2, 0) is 16.0 Å². The van der Waals surface area contributed by atoms with Crippen LogP contribution in [0, 0.1) is 0 Å². The maximum Gasteiger partial charge on any atom is 0.536 e. The summed E-state index contributed by atoms with van der Waals surface area (Å²) in [6.45, 7) is 2.51. The molecule has 0 aromatic heterocycles. The normalized spacial score (nSPS) is 20.7. The number of nitrogens with one attached hydrogen (secondary N) is 1. The number of carboxylic acid groups (broad SMARTS) is 1. The first-order valence-corrected chi connectivity index (χ1v) is 10.3. The van der Waals surface area contributed by atoms with Crippen LogP contribution in [0.25, 0.3) is 0 Å². The Morgan fingerprint density at radius 3 is 2.83 bits per heavy atom. The molecule has 3 N–H and O–H groups in total. The molecular formula is C18H23BN2O7S. The zero-order valence-electron chi connectivity index (χ0n) is 16.2. The zero-order valence-corrected chi connectivity index (χ0v) is 17.0. The molecule has 1 unspecified atom stereocenters. The van der Waals surface area contributed by atoms with Crippen molar-refractivity contribution in [3.63, 3.8) is 0 Å². The van der Waals surface area contributed by atoms with Crippen LogP contribution in [0.2, 0.25) is 0 Å². The summed E-state index contributed by atoms with van der Waals surface area (Å²) in [6, 6.07) is 3.24. The number of carbonyl (C=O) groups excluding carboxylic acids is 2. The third-order valence-corrected chi connectivity index (χ3v) is 6.22. The molecule has 3 rings (SSSR count). The first-order chi connectivity index (χ1) is 13.8. The number of benzene rings is 1. The molecule has 1 saturated heterocycles. The van der Waals surface area contributed by atoms with Crippen molar-refractivity contribution in [1.29, 1.82) is 0 Å². The third kappa shape index (κ3) is 4.78. The van der Waals surface area contributed by atoms with Gasteiger partial charge >= 0.3 is 13.1 Å². The predicted octanol–water partition coefficient (Wildman–Crippen LogP) is 0.187. The van der Waals surface area contributed by atoms with Crippen LogP contribution >= 0.6 is 11.8 Å². The number of amides is 2. The van der Waals surface area contributed by atoms with Gasteiger partial charge in [-0.15, -0.1) is 11.8 Å². The van der Waals surface area contributed by atoms with Gasteiger partial charge in [0.25, 0.3) is 0 Å². The topological polar surface area (TPSA) is 125 Å². The number of hydrogen-bond donors (Lipinski definition) is 3. The van der Waals surface area contributed by atoms with Crippen molar-refractivity contribution in [2.45, 2.75) is 31.0 Å². The standard InChI is InChI=1S/C18H23BN2O7S/c1-10(22)20-12-5-6-21(8-12)15(23)9-29-14-7-11-3-4-13(27-2)16(18(24)25)17(11)28-19(14)26/h3-4,12,14,26H,5-9H2,1-2H3,(H,20,22)(H,24,25)/t12?,14-/m0/s1. The van der Waals surface area contributed by atoms with Crippen LogP contribution in [0.4, 0.5) is 0 Å². The lowest BCUT2D eigenvalue weighted by atomic mass is 9.77. The number of carbonyl (C=O) groups is 3. The number of likely N-dealkylation sites (tertiary alicyclic amines) is 1. The Balaban J connectivity index is 1.61. The third-order valence-electron chi connectivity index (χ3n) is 4.98. The highest BCUT2D eigenvalue weighted by Crippen LogP contribution is 2.38. The van der Waals surface area contributed by atoms with Gasteiger partial charge < -0.3 is 29.7 Å². The summed E-state index contributed by atoms with van der Waals surface area (Å²) in [7, 11) is 0.128. The monoisotopic (exact) mass is 422 g/mol. The van der Waals surface area contributed by atoms with Crippen LogP contribution in [0.3, 0.4) is 0 Å². The largest absolute Gasteiger partial charge is 0.536 e. The lowest BCUT2D eigenvalue weighted by Crippen LogP contribution is -2.42. The number of thioether (sulfide) groups is 1. The van der Waals surface area contributed by atoms with Gasteiger partial charge in [-0.2, -0.15) is 0 Å². The highest BCUT2D eigenvalue weighted by atomic mass is 32.2. The average molecular weight is 422 g/mol. The van der Waals surface area contributed by atoms with Gasteiger partial charge in [0.2, 0.25) is 11.8 Å². The molecule has 2 aliphatic rings. The Hall–Kier alpha value is -2.40. The van der Waals surface area contributed by atoms with Crippen molar-refractivity contribution in [2.24, 2.45) is 0 Å². The Morgan fingerprint density at radius 2 is 2.17 bits per heavy atom. The highest BCUT2D eigenvalue weighted by Gasteiger charge is 2.39. The molecule has 156 valence electrons. The van der Waals surface area contributed by atoms with E-state index < -0.39 is 18.2 Å². The molecule has 2 amide bonds. The lowest BCUT2D eigenvalue weighted by Gasteiger charge is -2.29. The zero-order chi connectivity index (χ0) is 21.1. The molecule has 1 fully saturated rings. The van der Waals surface area contributed by atoms with Crippen molar-refractivity contribution < 1.29 is 33.9 Å². The Labute approximate surface area is 172 Å². The Morgan fingerprint density at radius 1 is 1.41 bits per heavy atom. The van der Waals surface area contributed by atoms with Gasteiger partial charge in [0.15, 0.2) is 0 Å². The van der Waals surface area contributed by atoms with E-state index >= 15 is 0 Å². The van der Waals surface area contributed by atoms with Crippen LogP contribution in [0.5, 0.6) is 11.5 Å². The molecule has 1 aromatic rings. The number of ether oxygens (including phenoxy) is 1. The smallest absolute Gasteiger partial charge is 0.534 e. The molecular weight excluding hydrogens is 399 g/mol. The van der Waals surface area contributed by atoms with Gasteiger partial charge in [-0.3, -0.25) is 9.59 Å². The van der Waals surface area contributed by atoms with E-state index in [1.165, 1.54) is 25.8 Å². The number of fused-ring (bicyclic) bond motifs is 1. The van der Waals surface area contributed by atoms with Gasteiger partial charge in [-0.25, -0.2) is 4.79 Å². The summed E-state index contributed by atoms with van der Waals surface area (Å²) in [5.41, 5.74) is 0.523. The summed E-state index contributed by atoms with van der Waals surface area (Å²) < 4.78 is 10.6. The molecule has 9 nitrogen and oxygen atoms in total. The Bertz CT molecular complexity index is 822. The summed E-state index contributed by atoms with van der Waals surface area (Å²) >= 11 is 1.27. The molecule has 0 aliphatic carbocycles. The van der Waals surface area contributed by atoms with E-state index in [2.05, 4.69) is 5.32 Å². The SMILES string of the molecule is COc1ccc2c(c1C(=O)O)OB(O)[C@@H](SCC(=O)N1CCC(NC(C)=O)C1)C2. The maximum absolute atomic E-state index is 12.5. The summed E-state index contributed by atoms with van der Waals surface area (Å²) in [6.07, 6.45) is 1.09. The van der Waals surface area contributed by atoms with Crippen LogP contribution in [0.15, 0.2) is 12.1 Å². The fourth-order valence-corrected chi connectivity index (χ4v) is 4.65. The second-order valence-corrected chi connectivity index (χ2v) is 8.25. The second kappa shape index (κ2) is 8.96. The molecule has 0 spiro atoms. The summed E-state index contributed by atoms with van der Waals surface area (Å²) in [5.74, 6) is -0.957. The van der Waals surface area contributed by atoms with Gasteiger partial charge in [0.1, 0.15) is 17.1 Å². The molecule has 0 bridgehead atoms. The van der Waals surface area contributed by atoms with Crippen LogP contribution in [-0.4, -0.2) is 77.1 Å². The van der Waals surface area contributed by atoms with Crippen molar-refractivity contribution in [1.82, 2.24) is 10.2 Å². The molecule has 2 aliphatic heterocycles. The number of nitrogens with zero attached hydrogens (tertiary/aromatic N) is 1. The summed E-state index contributed by atoms with van der Waals surface area (Å²) in [5, 5.41) is 22.2. The van der Waals surface area contributed by atoms with Crippen molar-refractivity contribution in [3.8, 4) is 11.5 Å². The fraction of sp³-hybridized carbons (Fsp3) is 0.500. The van der Waals surface area contributed by atoms with Crippen molar-refractivity contribution in [3.05, 3.63) is 23.3 Å². The van der Waals surface area contributed by atoms with E-state index in [1.54, 1.807) is 17.0 Å². The predicted molar refractivity (Wildman–Crippen MR) is 107 cm³/mol. The number of methoxy groups -OCH3 is 1. The molecule has 11 heteroatoms. The van der Waals surface area contributed by atoms with Gasteiger partial charge in [-0.05, 0) is 24.5 Å². The van der Waals surface area contributed by atoms with Gasteiger partial charge in [-0.1, -0.05) is 6.07 Å². The fourth-order valence-electron chi connectivity index (χ4n) is 3.59.